The SMILES string of the molecule is CCC(C)(C)c1nc2cc(C(=O)N3CC(C)OC(C)C3)ccc2n1CC1CCCCC1. The molecule has 1 aromatic heterocycles. The molecule has 1 saturated heterocycles. The number of fused-ring (bicyclic) bond motifs is 1. The number of rotatable bonds is 5. The molecular formula is C26H39N3O2. The molecule has 2 fully saturated rings. The number of morpholine rings is 1. The highest BCUT2D eigenvalue weighted by molar-refractivity contribution is 5.97. The number of hydrogen-bond acceptors (Lipinski definition) is 3. The maximum Gasteiger partial charge on any atom is 0.254 e. The second-order valence-corrected chi connectivity index (χ2v) is 10.5. The largest absolute Gasteiger partial charge is 0.372 e. The number of nitrogens with zero attached hydrogens (tertiary/aromatic N) is 3. The van der Waals surface area contributed by atoms with Crippen LogP contribution >= 0.6 is 0 Å². The Kier molecular flexibility index (Phi) is 6.43. The fraction of sp³-hybridized carbons (Fsp3) is 0.692. The van der Waals surface area contributed by atoms with E-state index in [1.807, 2.05) is 30.9 Å². The van der Waals surface area contributed by atoms with Gasteiger partial charge in [-0.25, -0.2) is 4.98 Å². The minimum Gasteiger partial charge on any atom is -0.372 e. The molecule has 4 rings (SSSR count). The summed E-state index contributed by atoms with van der Waals surface area (Å²) in [5.41, 5.74) is 2.86. The van der Waals surface area contributed by atoms with Gasteiger partial charge in [-0.15, -0.1) is 0 Å². The molecule has 5 heteroatoms. The van der Waals surface area contributed by atoms with Crippen molar-refractivity contribution < 1.29 is 9.53 Å². The zero-order valence-electron chi connectivity index (χ0n) is 20.0. The molecule has 1 aliphatic carbocycles. The van der Waals surface area contributed by atoms with Gasteiger partial charge in [-0.1, -0.05) is 40.0 Å². The first-order valence-electron chi connectivity index (χ1n) is 12.2. The van der Waals surface area contributed by atoms with Crippen LogP contribution in [0.25, 0.3) is 11.0 Å². The second-order valence-electron chi connectivity index (χ2n) is 10.5. The van der Waals surface area contributed by atoms with Crippen LogP contribution in [-0.2, 0) is 16.7 Å². The molecule has 1 saturated carbocycles. The molecule has 0 bridgehead atoms. The Morgan fingerprint density at radius 3 is 2.45 bits per heavy atom. The third kappa shape index (κ3) is 4.67. The highest BCUT2D eigenvalue weighted by atomic mass is 16.5. The van der Waals surface area contributed by atoms with E-state index < -0.39 is 0 Å². The predicted octanol–water partition coefficient (Wildman–Crippen LogP) is 5.55. The molecular weight excluding hydrogens is 386 g/mol. The standard InChI is InChI=1S/C26H39N3O2/c1-6-26(4,5)25-27-22-14-21(24(30)28-15-18(2)31-19(3)16-28)12-13-23(22)29(25)17-20-10-8-7-9-11-20/h12-14,18-20H,6-11,15-17H2,1-5H3. The molecule has 1 aliphatic heterocycles. The van der Waals surface area contributed by atoms with Gasteiger partial charge >= 0.3 is 0 Å². The van der Waals surface area contributed by atoms with Gasteiger partial charge in [0, 0.05) is 30.6 Å². The number of carbonyl (C=O) groups is 1. The van der Waals surface area contributed by atoms with Gasteiger partial charge in [0.1, 0.15) is 5.82 Å². The summed E-state index contributed by atoms with van der Waals surface area (Å²) in [5, 5.41) is 0. The third-order valence-electron chi connectivity index (χ3n) is 7.36. The van der Waals surface area contributed by atoms with Crippen LogP contribution in [0.15, 0.2) is 18.2 Å². The highest BCUT2D eigenvalue weighted by Gasteiger charge is 2.30. The van der Waals surface area contributed by atoms with Crippen molar-refractivity contribution in [1.82, 2.24) is 14.5 Å². The summed E-state index contributed by atoms with van der Waals surface area (Å²) in [7, 11) is 0. The summed E-state index contributed by atoms with van der Waals surface area (Å²) >= 11 is 0. The number of imidazole rings is 1. The van der Waals surface area contributed by atoms with E-state index in [1.165, 1.54) is 37.6 Å². The van der Waals surface area contributed by atoms with Crippen LogP contribution in [0.2, 0.25) is 0 Å². The molecule has 0 radical (unpaired) electrons. The molecule has 2 aliphatic rings. The lowest BCUT2D eigenvalue weighted by molar-refractivity contribution is -0.0586. The van der Waals surface area contributed by atoms with Crippen molar-refractivity contribution >= 4 is 16.9 Å². The van der Waals surface area contributed by atoms with Crippen molar-refractivity contribution in [3.05, 3.63) is 29.6 Å². The van der Waals surface area contributed by atoms with Crippen molar-refractivity contribution in [2.45, 2.75) is 97.3 Å². The molecule has 2 unspecified atom stereocenters. The maximum absolute atomic E-state index is 13.2. The van der Waals surface area contributed by atoms with Crippen molar-refractivity contribution in [2.24, 2.45) is 5.92 Å². The normalized spacial score (nSPS) is 23.5. The summed E-state index contributed by atoms with van der Waals surface area (Å²) < 4.78 is 8.26. The molecule has 170 valence electrons. The second kappa shape index (κ2) is 8.93. The van der Waals surface area contributed by atoms with Crippen LogP contribution in [0.3, 0.4) is 0 Å². The quantitative estimate of drug-likeness (QED) is 0.631. The Morgan fingerprint density at radius 2 is 1.81 bits per heavy atom. The first-order chi connectivity index (χ1) is 14.8. The predicted molar refractivity (Wildman–Crippen MR) is 126 cm³/mol. The lowest BCUT2D eigenvalue weighted by atomic mass is 9.87. The van der Waals surface area contributed by atoms with Crippen molar-refractivity contribution in [1.29, 1.82) is 0 Å². The van der Waals surface area contributed by atoms with E-state index in [2.05, 4.69) is 31.4 Å². The summed E-state index contributed by atoms with van der Waals surface area (Å²) in [6.07, 6.45) is 7.88. The average Bonchev–Trinajstić information content (AvgIpc) is 3.11. The minimum absolute atomic E-state index is 0.00688. The lowest BCUT2D eigenvalue weighted by Crippen LogP contribution is -2.48. The number of amides is 1. The molecule has 1 amide bonds. The number of benzene rings is 1. The Bertz CT molecular complexity index is 916. The number of ether oxygens (including phenoxy) is 1. The fourth-order valence-corrected chi connectivity index (χ4v) is 5.28. The molecule has 2 heterocycles. The van der Waals surface area contributed by atoms with Gasteiger partial charge in [0.2, 0.25) is 0 Å². The van der Waals surface area contributed by atoms with E-state index in [9.17, 15) is 4.79 Å². The van der Waals surface area contributed by atoms with Gasteiger partial charge in [0.05, 0.1) is 23.2 Å². The number of carbonyl (C=O) groups excluding carboxylic acids is 1. The van der Waals surface area contributed by atoms with Gasteiger partial charge in [-0.2, -0.15) is 0 Å². The smallest absolute Gasteiger partial charge is 0.254 e. The molecule has 2 atom stereocenters. The number of hydrogen-bond donors (Lipinski definition) is 0. The van der Waals surface area contributed by atoms with Gasteiger partial charge < -0.3 is 14.2 Å². The Labute approximate surface area is 187 Å². The third-order valence-corrected chi connectivity index (χ3v) is 7.36. The van der Waals surface area contributed by atoms with Crippen LogP contribution in [0.5, 0.6) is 0 Å². The van der Waals surface area contributed by atoms with Crippen LogP contribution in [0.1, 0.15) is 89.3 Å². The summed E-state index contributed by atoms with van der Waals surface area (Å²) in [6.45, 7) is 13.2. The van der Waals surface area contributed by atoms with Gasteiger partial charge in [-0.3, -0.25) is 4.79 Å². The van der Waals surface area contributed by atoms with Crippen LogP contribution < -0.4 is 0 Å². The number of aromatic nitrogens is 2. The molecule has 0 N–H and O–H groups in total. The maximum atomic E-state index is 13.2. The summed E-state index contributed by atoms with van der Waals surface area (Å²) in [6, 6.07) is 6.13. The first-order valence-corrected chi connectivity index (χ1v) is 12.2. The molecule has 1 aromatic carbocycles. The zero-order chi connectivity index (χ0) is 22.2. The van der Waals surface area contributed by atoms with Crippen molar-refractivity contribution in [2.75, 3.05) is 13.1 Å². The summed E-state index contributed by atoms with van der Waals surface area (Å²) in [5.74, 6) is 1.98. The van der Waals surface area contributed by atoms with Crippen LogP contribution in [0, 0.1) is 5.92 Å². The van der Waals surface area contributed by atoms with E-state index in [0.29, 0.717) is 13.1 Å². The van der Waals surface area contributed by atoms with Crippen LogP contribution in [-0.4, -0.2) is 45.7 Å². The van der Waals surface area contributed by atoms with Crippen molar-refractivity contribution in [3.63, 3.8) is 0 Å². The molecule has 2 aromatic rings. The zero-order valence-corrected chi connectivity index (χ0v) is 20.0. The Hall–Kier alpha value is -1.88. The topological polar surface area (TPSA) is 47.4 Å². The lowest BCUT2D eigenvalue weighted by Gasteiger charge is -2.35. The van der Waals surface area contributed by atoms with Gasteiger partial charge in [0.25, 0.3) is 5.91 Å². The van der Waals surface area contributed by atoms with Gasteiger partial charge in [0.15, 0.2) is 0 Å². The highest BCUT2D eigenvalue weighted by Crippen LogP contribution is 2.33. The fourth-order valence-electron chi connectivity index (χ4n) is 5.28. The molecule has 0 spiro atoms. The van der Waals surface area contributed by atoms with Crippen LogP contribution in [0.4, 0.5) is 0 Å². The molecule has 5 nitrogen and oxygen atoms in total. The Morgan fingerprint density at radius 1 is 1.13 bits per heavy atom. The van der Waals surface area contributed by atoms with E-state index in [1.54, 1.807) is 0 Å². The minimum atomic E-state index is 0.00688. The first kappa shape index (κ1) is 22.3. The van der Waals surface area contributed by atoms with E-state index in [4.69, 9.17) is 9.72 Å². The average molecular weight is 426 g/mol. The summed E-state index contributed by atoms with van der Waals surface area (Å²) in [4.78, 5) is 20.3. The van der Waals surface area contributed by atoms with E-state index in [0.717, 1.165) is 35.8 Å². The Balaban J connectivity index is 1.68. The van der Waals surface area contributed by atoms with Crippen molar-refractivity contribution in [3.8, 4) is 0 Å². The molecule has 31 heavy (non-hydrogen) atoms. The van der Waals surface area contributed by atoms with E-state index >= 15 is 0 Å². The van der Waals surface area contributed by atoms with Gasteiger partial charge in [-0.05, 0) is 57.2 Å². The monoisotopic (exact) mass is 425 g/mol. The van der Waals surface area contributed by atoms with E-state index in [-0.39, 0.29) is 23.5 Å².